The highest BCUT2D eigenvalue weighted by Crippen LogP contribution is 2.34. The van der Waals surface area contributed by atoms with Gasteiger partial charge in [0.2, 0.25) is 0 Å². The summed E-state index contributed by atoms with van der Waals surface area (Å²) in [5.41, 5.74) is 4.36. The summed E-state index contributed by atoms with van der Waals surface area (Å²) in [5.74, 6) is 1.61. The molecule has 3 aromatic rings. The first-order chi connectivity index (χ1) is 13.6. The average molecular weight is 399 g/mol. The molecule has 0 saturated carbocycles. The fourth-order valence-electron chi connectivity index (χ4n) is 3.45. The molecule has 1 aliphatic rings. The predicted molar refractivity (Wildman–Crippen MR) is 111 cm³/mol. The Bertz CT molecular complexity index is 963. The molecule has 1 N–H and O–H groups in total. The van der Waals surface area contributed by atoms with Gasteiger partial charge in [0.05, 0.1) is 29.6 Å². The largest absolute Gasteiger partial charge is 0.490 e. The highest BCUT2D eigenvalue weighted by molar-refractivity contribution is 7.11. The first kappa shape index (κ1) is 19.0. The van der Waals surface area contributed by atoms with Gasteiger partial charge >= 0.3 is 0 Å². The van der Waals surface area contributed by atoms with E-state index >= 15 is 0 Å². The summed E-state index contributed by atoms with van der Waals surface area (Å²) in [5, 5.41) is 9.37. The van der Waals surface area contributed by atoms with Crippen molar-refractivity contribution in [1.82, 2.24) is 20.1 Å². The maximum Gasteiger partial charge on any atom is 0.161 e. The Morgan fingerprint density at radius 3 is 2.79 bits per heavy atom. The van der Waals surface area contributed by atoms with Gasteiger partial charge in [0.15, 0.2) is 11.5 Å². The van der Waals surface area contributed by atoms with Crippen molar-refractivity contribution < 1.29 is 9.47 Å². The van der Waals surface area contributed by atoms with Gasteiger partial charge in [-0.25, -0.2) is 4.98 Å². The van der Waals surface area contributed by atoms with Gasteiger partial charge in [-0.3, -0.25) is 4.68 Å². The zero-order chi connectivity index (χ0) is 19.5. The van der Waals surface area contributed by atoms with Crippen molar-refractivity contribution in [1.29, 1.82) is 0 Å². The summed E-state index contributed by atoms with van der Waals surface area (Å²) in [6.07, 6.45) is 3.98. The standard InChI is InChI=1S/C21H26N4O2S/c1-14-20(28-15(2)23-14)7-8-22-12-17-13-25(3)24-21(17)16-5-6-18-19(11-16)27-10-4-9-26-18/h5-6,11,13,22H,4,7-10,12H2,1-3H3. The number of nitrogens with zero attached hydrogens (tertiary/aromatic N) is 3. The van der Waals surface area contributed by atoms with E-state index in [1.807, 2.05) is 23.9 Å². The summed E-state index contributed by atoms with van der Waals surface area (Å²) in [6, 6.07) is 6.08. The Morgan fingerprint density at radius 2 is 2.00 bits per heavy atom. The van der Waals surface area contributed by atoms with Gasteiger partial charge in [-0.05, 0) is 38.5 Å². The molecule has 0 unspecified atom stereocenters. The highest BCUT2D eigenvalue weighted by Gasteiger charge is 2.15. The third-order valence-electron chi connectivity index (χ3n) is 4.77. The van der Waals surface area contributed by atoms with Crippen LogP contribution in [0, 0.1) is 13.8 Å². The number of ether oxygens (including phenoxy) is 2. The van der Waals surface area contributed by atoms with E-state index in [-0.39, 0.29) is 0 Å². The van der Waals surface area contributed by atoms with E-state index < -0.39 is 0 Å². The van der Waals surface area contributed by atoms with Gasteiger partial charge in [0.25, 0.3) is 0 Å². The fourth-order valence-corrected chi connectivity index (χ4v) is 4.39. The monoisotopic (exact) mass is 398 g/mol. The minimum Gasteiger partial charge on any atom is -0.490 e. The molecule has 0 bridgehead atoms. The van der Waals surface area contributed by atoms with Gasteiger partial charge in [-0.1, -0.05) is 0 Å². The summed E-state index contributed by atoms with van der Waals surface area (Å²) in [4.78, 5) is 5.86. The molecule has 3 heterocycles. The Balaban J connectivity index is 1.45. The van der Waals surface area contributed by atoms with Crippen molar-refractivity contribution in [2.24, 2.45) is 7.05 Å². The normalized spacial score (nSPS) is 13.5. The molecule has 0 aliphatic carbocycles. The van der Waals surface area contributed by atoms with Crippen LogP contribution in [0.2, 0.25) is 0 Å². The smallest absolute Gasteiger partial charge is 0.161 e. The van der Waals surface area contributed by atoms with Gasteiger partial charge in [0, 0.05) is 48.8 Å². The van der Waals surface area contributed by atoms with Crippen LogP contribution in [0.3, 0.4) is 0 Å². The summed E-state index contributed by atoms with van der Waals surface area (Å²) >= 11 is 1.79. The van der Waals surface area contributed by atoms with Crippen molar-refractivity contribution in [2.45, 2.75) is 33.2 Å². The van der Waals surface area contributed by atoms with Crippen LogP contribution in [0.5, 0.6) is 11.5 Å². The molecule has 0 fully saturated rings. The maximum absolute atomic E-state index is 5.84. The lowest BCUT2D eigenvalue weighted by Crippen LogP contribution is -2.16. The van der Waals surface area contributed by atoms with Crippen molar-refractivity contribution in [3.8, 4) is 22.8 Å². The zero-order valence-electron chi connectivity index (χ0n) is 16.6. The van der Waals surface area contributed by atoms with E-state index in [1.165, 1.54) is 10.4 Å². The molecule has 148 valence electrons. The van der Waals surface area contributed by atoms with Gasteiger partial charge in [-0.2, -0.15) is 5.10 Å². The molecular weight excluding hydrogens is 372 g/mol. The number of aryl methyl sites for hydroxylation is 3. The van der Waals surface area contributed by atoms with E-state index in [0.29, 0.717) is 13.2 Å². The molecule has 6 nitrogen and oxygen atoms in total. The Labute approximate surface area is 169 Å². The van der Waals surface area contributed by atoms with Gasteiger partial charge in [-0.15, -0.1) is 11.3 Å². The number of thiazole rings is 1. The molecule has 28 heavy (non-hydrogen) atoms. The topological polar surface area (TPSA) is 61.2 Å². The van der Waals surface area contributed by atoms with Crippen LogP contribution in [-0.4, -0.2) is 34.5 Å². The second-order valence-electron chi connectivity index (χ2n) is 7.06. The Hall–Kier alpha value is -2.38. The van der Waals surface area contributed by atoms with Crippen LogP contribution in [0.1, 0.15) is 27.6 Å². The van der Waals surface area contributed by atoms with Crippen LogP contribution in [0.15, 0.2) is 24.4 Å². The molecule has 7 heteroatoms. The molecule has 1 aromatic carbocycles. The average Bonchev–Trinajstić information content (AvgIpc) is 3.09. The second kappa shape index (κ2) is 8.32. The third-order valence-corrected chi connectivity index (χ3v) is 5.90. The quantitative estimate of drug-likeness (QED) is 0.642. The molecule has 0 radical (unpaired) electrons. The van der Waals surface area contributed by atoms with Crippen molar-refractivity contribution >= 4 is 11.3 Å². The van der Waals surface area contributed by atoms with E-state index in [1.54, 1.807) is 11.3 Å². The third kappa shape index (κ3) is 4.20. The maximum atomic E-state index is 5.84. The van der Waals surface area contributed by atoms with E-state index in [2.05, 4.69) is 41.5 Å². The molecule has 4 rings (SSSR count). The molecule has 0 saturated heterocycles. The summed E-state index contributed by atoms with van der Waals surface area (Å²) < 4.78 is 13.4. The lowest BCUT2D eigenvalue weighted by Gasteiger charge is -2.10. The molecule has 1 aliphatic heterocycles. The van der Waals surface area contributed by atoms with Crippen molar-refractivity contribution in [3.05, 3.63) is 45.5 Å². The van der Waals surface area contributed by atoms with Crippen LogP contribution in [0.4, 0.5) is 0 Å². The van der Waals surface area contributed by atoms with Gasteiger partial charge in [0.1, 0.15) is 0 Å². The summed E-state index contributed by atoms with van der Waals surface area (Å²) in [6.45, 7) is 7.22. The number of fused-ring (bicyclic) bond motifs is 1. The number of nitrogens with one attached hydrogen (secondary N) is 1. The second-order valence-corrected chi connectivity index (χ2v) is 8.34. The highest BCUT2D eigenvalue weighted by atomic mass is 32.1. The number of hydrogen-bond donors (Lipinski definition) is 1. The first-order valence-corrected chi connectivity index (χ1v) is 10.5. The molecular formula is C21H26N4O2S. The first-order valence-electron chi connectivity index (χ1n) is 9.66. The minimum atomic E-state index is 0.684. The van der Waals surface area contributed by atoms with Crippen LogP contribution in [0.25, 0.3) is 11.3 Å². The minimum absolute atomic E-state index is 0.684. The molecule has 0 spiro atoms. The van der Waals surface area contributed by atoms with Crippen LogP contribution >= 0.6 is 11.3 Å². The van der Waals surface area contributed by atoms with Crippen molar-refractivity contribution in [3.63, 3.8) is 0 Å². The van der Waals surface area contributed by atoms with E-state index in [4.69, 9.17) is 9.47 Å². The fraction of sp³-hybridized carbons (Fsp3) is 0.429. The van der Waals surface area contributed by atoms with Crippen molar-refractivity contribution in [2.75, 3.05) is 19.8 Å². The lowest BCUT2D eigenvalue weighted by molar-refractivity contribution is 0.297. The molecule has 0 amide bonds. The predicted octanol–water partition coefficient (Wildman–Crippen LogP) is 3.65. The molecule has 2 aromatic heterocycles. The number of rotatable bonds is 6. The zero-order valence-corrected chi connectivity index (χ0v) is 17.4. The molecule has 0 atom stereocenters. The number of aromatic nitrogens is 3. The van der Waals surface area contributed by atoms with E-state index in [9.17, 15) is 0 Å². The lowest BCUT2D eigenvalue weighted by atomic mass is 10.1. The van der Waals surface area contributed by atoms with E-state index in [0.717, 1.165) is 59.4 Å². The SMILES string of the molecule is Cc1nc(C)c(CCNCc2cn(C)nc2-c2ccc3c(c2)OCCCO3)s1. The Kier molecular flexibility index (Phi) is 5.64. The number of benzene rings is 1. The van der Waals surface area contributed by atoms with Crippen LogP contribution in [-0.2, 0) is 20.0 Å². The van der Waals surface area contributed by atoms with Crippen LogP contribution < -0.4 is 14.8 Å². The van der Waals surface area contributed by atoms with Gasteiger partial charge < -0.3 is 14.8 Å². The Morgan fingerprint density at radius 1 is 1.18 bits per heavy atom. The number of hydrogen-bond acceptors (Lipinski definition) is 6. The summed E-state index contributed by atoms with van der Waals surface area (Å²) in [7, 11) is 1.96.